The van der Waals surface area contributed by atoms with Gasteiger partial charge in [0.1, 0.15) is 0 Å². The molecule has 1 amide bonds. The molecule has 302 valence electrons. The number of benzene rings is 1. The summed E-state index contributed by atoms with van der Waals surface area (Å²) in [6, 6.07) is 6.78. The van der Waals surface area contributed by atoms with E-state index in [-0.39, 0.29) is 41.0 Å². The van der Waals surface area contributed by atoms with Crippen LogP contribution in [0.15, 0.2) is 30.3 Å². The predicted molar refractivity (Wildman–Crippen MR) is 209 cm³/mol. The summed E-state index contributed by atoms with van der Waals surface area (Å²) in [5.41, 5.74) is 2.67. The summed E-state index contributed by atoms with van der Waals surface area (Å²) in [6.07, 6.45) is 6.75. The first-order valence-corrected chi connectivity index (χ1v) is 21.6. The van der Waals surface area contributed by atoms with Crippen LogP contribution in [0.25, 0.3) is 5.57 Å². The molecule has 0 spiro atoms. The number of carbonyl (C=O) groups is 2. The number of aromatic carboxylic acids is 1. The summed E-state index contributed by atoms with van der Waals surface area (Å²) in [7, 11) is -0.731. The summed E-state index contributed by atoms with van der Waals surface area (Å²) in [5.74, 6) is 0.669. The van der Waals surface area contributed by atoms with Crippen molar-refractivity contribution in [3.63, 3.8) is 0 Å². The quantitative estimate of drug-likeness (QED) is 0.247. The van der Waals surface area contributed by atoms with Crippen molar-refractivity contribution in [3.05, 3.63) is 41.5 Å². The van der Waals surface area contributed by atoms with E-state index < -0.39 is 34.9 Å². The van der Waals surface area contributed by atoms with Crippen molar-refractivity contribution in [1.29, 1.82) is 0 Å². The van der Waals surface area contributed by atoms with Gasteiger partial charge in [0, 0.05) is 60.1 Å². The fourth-order valence-electron chi connectivity index (χ4n) is 13.8. The number of amides is 1. The van der Waals surface area contributed by atoms with Gasteiger partial charge in [-0.25, -0.2) is 4.79 Å². The van der Waals surface area contributed by atoms with Gasteiger partial charge >= 0.3 is 18.1 Å². The fourth-order valence-corrected chi connectivity index (χ4v) is 15.0. The first-order chi connectivity index (χ1) is 24.9. The molecular weight excluding hydrogens is 712 g/mol. The first kappa shape index (κ1) is 41.4. The maximum Gasteiger partial charge on any atom is 0.471 e. The Bertz CT molecular complexity index is 1620. The average molecular weight is 776 g/mol. The molecule has 0 radical (unpaired) electrons. The van der Waals surface area contributed by atoms with Crippen LogP contribution in [0.4, 0.5) is 13.2 Å². The van der Waals surface area contributed by atoms with E-state index in [1.807, 2.05) is 12.1 Å². The highest BCUT2D eigenvalue weighted by Crippen LogP contribution is 2.73. The number of allylic oxidation sites excluding steroid dienone is 2. The Balaban J connectivity index is 0.00000497. The molecule has 1 aromatic carbocycles. The molecule has 4 saturated carbocycles. The minimum Gasteiger partial charge on any atom is -0.478 e. The molecule has 7 rings (SSSR count). The van der Waals surface area contributed by atoms with Crippen LogP contribution >= 0.6 is 0 Å². The number of alkyl halides is 3. The van der Waals surface area contributed by atoms with Crippen LogP contribution < -0.4 is 10.6 Å². The van der Waals surface area contributed by atoms with Gasteiger partial charge in [0.15, 0.2) is 0 Å². The maximum absolute atomic E-state index is 13.5. The Hall–Kier alpha value is -2.24. The van der Waals surface area contributed by atoms with Crippen LogP contribution in [0.5, 0.6) is 0 Å². The molecular formula is C43H64F3N3O4S. The average Bonchev–Trinajstić information content (AvgIpc) is 3.48. The normalized spacial score (nSPS) is 38.4. The Morgan fingerprint density at radius 3 is 2.26 bits per heavy atom. The van der Waals surface area contributed by atoms with Gasteiger partial charge in [0.25, 0.3) is 0 Å². The zero-order chi connectivity index (χ0) is 38.1. The van der Waals surface area contributed by atoms with Crippen LogP contribution in [0, 0.1) is 51.8 Å². The number of hydrogen-bond donors (Lipinski definition) is 3. The maximum atomic E-state index is 13.5. The van der Waals surface area contributed by atoms with Gasteiger partial charge in [0.05, 0.1) is 5.56 Å². The van der Waals surface area contributed by atoms with E-state index in [1.165, 1.54) is 5.57 Å². The van der Waals surface area contributed by atoms with Crippen molar-refractivity contribution in [2.75, 3.05) is 37.7 Å². The molecule has 3 N–H and O–H groups in total. The Labute approximate surface area is 323 Å². The number of fused-ring (bicyclic) bond motifs is 7. The van der Waals surface area contributed by atoms with Gasteiger partial charge in [-0.2, -0.15) is 13.2 Å². The highest BCUT2D eigenvalue weighted by Gasteiger charge is 2.67. The summed E-state index contributed by atoms with van der Waals surface area (Å²) in [4.78, 5) is 26.2. The van der Waals surface area contributed by atoms with Gasteiger partial charge < -0.3 is 20.6 Å². The van der Waals surface area contributed by atoms with Crippen LogP contribution in [0.3, 0.4) is 0 Å². The molecule has 6 aliphatic rings. The lowest BCUT2D eigenvalue weighted by Gasteiger charge is -2.68. The molecule has 1 heterocycles. The van der Waals surface area contributed by atoms with Crippen LogP contribution in [-0.2, 0) is 15.6 Å². The fraction of sp³-hybridized carbons (Fsp3) is 0.767. The second-order valence-electron chi connectivity index (χ2n) is 18.7. The summed E-state index contributed by atoms with van der Waals surface area (Å²) >= 11 is 0. The van der Waals surface area contributed by atoms with E-state index in [2.05, 4.69) is 49.3 Å². The number of nitrogens with one attached hydrogen (secondary N) is 2. The van der Waals surface area contributed by atoms with Crippen molar-refractivity contribution in [1.82, 2.24) is 15.5 Å². The second-order valence-corrected chi connectivity index (χ2v) is 20.4. The number of rotatable bonds is 8. The molecule has 10 unspecified atom stereocenters. The molecule has 1 aromatic rings. The van der Waals surface area contributed by atoms with E-state index in [1.54, 1.807) is 19.1 Å². The third kappa shape index (κ3) is 7.03. The molecule has 7 nitrogen and oxygen atoms in total. The van der Waals surface area contributed by atoms with E-state index >= 15 is 0 Å². The highest BCUT2D eigenvalue weighted by atomic mass is 32.2. The number of nitrogens with zero attached hydrogens (tertiary/aromatic N) is 1. The number of carboxylic acids is 1. The van der Waals surface area contributed by atoms with Crippen molar-refractivity contribution in [2.24, 2.45) is 51.8 Å². The molecule has 5 aliphatic carbocycles. The van der Waals surface area contributed by atoms with Crippen LogP contribution in [0.2, 0.25) is 0 Å². The Morgan fingerprint density at radius 1 is 0.944 bits per heavy atom. The van der Waals surface area contributed by atoms with E-state index in [0.717, 1.165) is 89.5 Å². The van der Waals surface area contributed by atoms with Gasteiger partial charge in [-0.15, -0.1) is 0 Å². The Morgan fingerprint density at radius 2 is 1.61 bits per heavy atom. The standard InChI is InChI=1S/C42H60F3N3O4S.CH4/c1-26(47-37(51)42(43,44)45)29-12-18-41(46-20-21-48-22-24-53(52)25-23-48)19-14-32-30(35(29)41)10-11-34-39(32,4)17-15-33-38(2,3)31(13-16-40(33,34)5)27-6-8-28(9-7-27)36(49)50;/h6-9,13,26,29-30,32-35,46H,10-12,14-25H2,1-5H3,(H,47,51)(H,49,50);1H4. The number of halogens is 3. The third-order valence-corrected chi connectivity index (χ3v) is 17.4. The molecule has 5 fully saturated rings. The van der Waals surface area contributed by atoms with Crippen molar-refractivity contribution >= 4 is 28.2 Å². The lowest BCUT2D eigenvalue weighted by molar-refractivity contribution is -0.179. The Kier molecular flexibility index (Phi) is 11.4. The summed E-state index contributed by atoms with van der Waals surface area (Å²) < 4.78 is 52.4. The SMILES string of the molecule is C.CC(NC(=O)C(F)(F)F)C1CCC2(NCCN3CCS(=O)CC3)CCC3C(CCC4C3(C)CCC3C(C)(C)C(c5ccc(C(=O)O)cc5)=CCC34C)C12. The largest absolute Gasteiger partial charge is 0.478 e. The van der Waals surface area contributed by atoms with E-state index in [0.29, 0.717) is 40.7 Å². The molecule has 54 heavy (non-hydrogen) atoms. The predicted octanol–water partition coefficient (Wildman–Crippen LogP) is 8.18. The zero-order valence-corrected chi connectivity index (χ0v) is 33.0. The van der Waals surface area contributed by atoms with Gasteiger partial charge in [-0.1, -0.05) is 53.3 Å². The minimum absolute atomic E-state index is 0. The zero-order valence-electron chi connectivity index (χ0n) is 32.2. The third-order valence-electron chi connectivity index (χ3n) is 16.1. The van der Waals surface area contributed by atoms with Gasteiger partial charge in [0.2, 0.25) is 0 Å². The van der Waals surface area contributed by atoms with E-state index in [4.69, 9.17) is 0 Å². The molecule has 10 atom stereocenters. The molecule has 11 heteroatoms. The van der Waals surface area contributed by atoms with Crippen molar-refractivity contribution in [3.8, 4) is 0 Å². The molecule has 1 aliphatic heterocycles. The smallest absolute Gasteiger partial charge is 0.471 e. The first-order valence-electron chi connectivity index (χ1n) is 20.2. The van der Waals surface area contributed by atoms with Crippen molar-refractivity contribution in [2.45, 2.75) is 118 Å². The second kappa shape index (κ2) is 14.9. The number of hydrogen-bond acceptors (Lipinski definition) is 5. The number of carboxylic acid groups (broad SMARTS) is 1. The lowest BCUT2D eigenvalue weighted by Crippen LogP contribution is -2.65. The summed E-state index contributed by atoms with van der Waals surface area (Å²) in [5, 5.41) is 15.9. The van der Waals surface area contributed by atoms with Gasteiger partial charge in [-0.3, -0.25) is 9.00 Å². The monoisotopic (exact) mass is 775 g/mol. The summed E-state index contributed by atoms with van der Waals surface area (Å²) in [6.45, 7) is 15.0. The highest BCUT2D eigenvalue weighted by molar-refractivity contribution is 7.85. The molecule has 0 aromatic heterocycles. The lowest BCUT2D eigenvalue weighted by atomic mass is 9.36. The van der Waals surface area contributed by atoms with Crippen LogP contribution in [-0.4, -0.2) is 81.5 Å². The topological polar surface area (TPSA) is 98.7 Å². The van der Waals surface area contributed by atoms with Gasteiger partial charge in [-0.05, 0) is 140 Å². The van der Waals surface area contributed by atoms with Crippen molar-refractivity contribution < 1.29 is 32.1 Å². The van der Waals surface area contributed by atoms with Crippen LogP contribution in [0.1, 0.15) is 116 Å². The number of carbonyl (C=O) groups excluding carboxylic acids is 1. The van der Waals surface area contributed by atoms with E-state index in [9.17, 15) is 32.1 Å². The molecule has 1 saturated heterocycles. The molecule has 0 bridgehead atoms. The minimum atomic E-state index is -4.90.